The van der Waals surface area contributed by atoms with Crippen LogP contribution in [0.2, 0.25) is 0 Å². The zero-order valence-corrected chi connectivity index (χ0v) is 10.9. The molecule has 0 spiro atoms. The molecule has 0 aromatic heterocycles. The van der Waals surface area contributed by atoms with Gasteiger partial charge in [0.2, 0.25) is 5.91 Å². The molecule has 6 heteroatoms. The molecule has 1 amide bonds. The Morgan fingerprint density at radius 1 is 1.37 bits per heavy atom. The van der Waals surface area contributed by atoms with E-state index in [1.54, 1.807) is 0 Å². The van der Waals surface area contributed by atoms with Gasteiger partial charge in [0, 0.05) is 13.1 Å². The van der Waals surface area contributed by atoms with Gasteiger partial charge >= 0.3 is 0 Å². The number of carbonyl (C=O) groups is 1. The average Bonchev–Trinajstić information content (AvgIpc) is 2.37. The lowest BCUT2D eigenvalue weighted by Crippen LogP contribution is -2.41. The molecule has 0 saturated heterocycles. The maximum atomic E-state index is 10.6. The number of carbonyl (C=O) groups excluding carboxylic acids is 1. The number of rotatable bonds is 8. The van der Waals surface area contributed by atoms with E-state index in [2.05, 4.69) is 5.32 Å². The maximum Gasteiger partial charge on any atom is 0.247 e. The molecule has 0 fully saturated rings. The molecule has 1 aromatic carbocycles. The molecule has 2 atom stereocenters. The highest BCUT2D eigenvalue weighted by Crippen LogP contribution is 2.16. The van der Waals surface area contributed by atoms with Gasteiger partial charge in [0.15, 0.2) is 0 Å². The van der Waals surface area contributed by atoms with Crippen molar-refractivity contribution >= 4 is 5.91 Å². The largest absolute Gasteiger partial charge is 0.491 e. The van der Waals surface area contributed by atoms with Crippen LogP contribution in [0.4, 0.5) is 0 Å². The molecule has 5 N–H and O–H groups in total. The summed E-state index contributed by atoms with van der Waals surface area (Å²) in [5.41, 5.74) is 5.88. The van der Waals surface area contributed by atoms with Gasteiger partial charge < -0.3 is 26.0 Å². The van der Waals surface area contributed by atoms with Crippen LogP contribution in [0.3, 0.4) is 0 Å². The second-order valence-corrected chi connectivity index (χ2v) is 4.31. The lowest BCUT2D eigenvalue weighted by Gasteiger charge is -2.15. The van der Waals surface area contributed by atoms with E-state index in [4.69, 9.17) is 15.6 Å². The van der Waals surface area contributed by atoms with E-state index in [1.165, 1.54) is 0 Å². The quantitative estimate of drug-likeness (QED) is 0.492. The van der Waals surface area contributed by atoms with Crippen LogP contribution >= 0.6 is 0 Å². The molecule has 0 radical (unpaired) electrons. The first kappa shape index (κ1) is 15.4. The topological polar surface area (TPSA) is 105 Å². The third-order valence-corrected chi connectivity index (χ3v) is 2.57. The summed E-state index contributed by atoms with van der Waals surface area (Å²) in [6, 6.07) is 7.51. The molecule has 106 valence electrons. The van der Waals surface area contributed by atoms with Gasteiger partial charge in [-0.1, -0.05) is 18.2 Å². The molecule has 1 aromatic rings. The van der Waals surface area contributed by atoms with E-state index in [0.29, 0.717) is 0 Å². The summed E-state index contributed by atoms with van der Waals surface area (Å²) in [5, 5.41) is 21.5. The fraction of sp³-hybridized carbons (Fsp3) is 0.462. The van der Waals surface area contributed by atoms with Gasteiger partial charge in [-0.05, 0) is 18.6 Å². The van der Waals surface area contributed by atoms with Gasteiger partial charge in [-0.25, -0.2) is 0 Å². The number of aliphatic hydroxyl groups is 2. The Morgan fingerprint density at radius 3 is 2.68 bits per heavy atom. The van der Waals surface area contributed by atoms with Gasteiger partial charge in [0.1, 0.15) is 24.6 Å². The average molecular weight is 268 g/mol. The van der Waals surface area contributed by atoms with Gasteiger partial charge in [-0.15, -0.1) is 0 Å². The molecule has 0 saturated carbocycles. The van der Waals surface area contributed by atoms with E-state index in [1.807, 2.05) is 31.2 Å². The van der Waals surface area contributed by atoms with Crippen LogP contribution < -0.4 is 15.8 Å². The minimum Gasteiger partial charge on any atom is -0.491 e. The summed E-state index contributed by atoms with van der Waals surface area (Å²) in [5.74, 6) is -0.0723. The van der Waals surface area contributed by atoms with Crippen molar-refractivity contribution in [1.29, 1.82) is 0 Å². The number of primary amides is 1. The summed E-state index contributed by atoms with van der Waals surface area (Å²) in [6.45, 7) is 2.26. The lowest BCUT2D eigenvalue weighted by atomic mass is 10.2. The minimum absolute atomic E-state index is 0.0107. The van der Waals surface area contributed by atoms with Crippen LogP contribution in [0.5, 0.6) is 5.75 Å². The number of amides is 1. The Hall–Kier alpha value is -1.63. The number of benzene rings is 1. The number of ether oxygens (including phenoxy) is 1. The first-order chi connectivity index (χ1) is 9.00. The van der Waals surface area contributed by atoms with Crippen LogP contribution in [0.1, 0.15) is 5.56 Å². The summed E-state index contributed by atoms with van der Waals surface area (Å²) in [7, 11) is 0. The summed E-state index contributed by atoms with van der Waals surface area (Å²) < 4.78 is 5.46. The van der Waals surface area contributed by atoms with Gasteiger partial charge in [-0.3, -0.25) is 4.79 Å². The SMILES string of the molecule is Cc1ccccc1OCC(O)CNCC(O)C(N)=O. The van der Waals surface area contributed by atoms with E-state index >= 15 is 0 Å². The number of para-hydroxylation sites is 1. The van der Waals surface area contributed by atoms with Crippen LogP contribution in [-0.2, 0) is 4.79 Å². The van der Waals surface area contributed by atoms with Crippen molar-refractivity contribution in [3.8, 4) is 5.75 Å². The van der Waals surface area contributed by atoms with E-state index < -0.39 is 18.1 Å². The molecular formula is C13H20N2O4. The lowest BCUT2D eigenvalue weighted by molar-refractivity contribution is -0.125. The molecule has 0 aliphatic rings. The fourth-order valence-corrected chi connectivity index (χ4v) is 1.45. The molecule has 19 heavy (non-hydrogen) atoms. The maximum absolute atomic E-state index is 10.6. The molecule has 2 unspecified atom stereocenters. The van der Waals surface area contributed by atoms with Crippen molar-refractivity contribution in [2.75, 3.05) is 19.7 Å². The van der Waals surface area contributed by atoms with Crippen molar-refractivity contribution in [3.05, 3.63) is 29.8 Å². The zero-order valence-electron chi connectivity index (χ0n) is 10.9. The van der Waals surface area contributed by atoms with Crippen LogP contribution in [0, 0.1) is 6.92 Å². The Labute approximate surface area is 112 Å². The van der Waals surface area contributed by atoms with Gasteiger partial charge in [0.05, 0.1) is 0 Å². The summed E-state index contributed by atoms with van der Waals surface area (Å²) in [4.78, 5) is 10.6. The molecule has 0 aliphatic carbocycles. The highest BCUT2D eigenvalue weighted by atomic mass is 16.5. The molecule has 0 heterocycles. The van der Waals surface area contributed by atoms with Crippen molar-refractivity contribution in [3.63, 3.8) is 0 Å². The van der Waals surface area contributed by atoms with Crippen molar-refractivity contribution in [2.24, 2.45) is 5.73 Å². The van der Waals surface area contributed by atoms with E-state index in [-0.39, 0.29) is 19.7 Å². The van der Waals surface area contributed by atoms with Gasteiger partial charge in [-0.2, -0.15) is 0 Å². The Morgan fingerprint density at radius 2 is 2.05 bits per heavy atom. The predicted octanol–water partition coefficient (Wildman–Crippen LogP) is -0.829. The van der Waals surface area contributed by atoms with Crippen LogP contribution in [0.25, 0.3) is 0 Å². The van der Waals surface area contributed by atoms with Crippen molar-refractivity contribution in [1.82, 2.24) is 5.32 Å². The molecule has 1 rings (SSSR count). The molecule has 0 aliphatic heterocycles. The van der Waals surface area contributed by atoms with Crippen molar-refractivity contribution in [2.45, 2.75) is 19.1 Å². The number of aryl methyl sites for hydroxylation is 1. The molecule has 0 bridgehead atoms. The van der Waals surface area contributed by atoms with E-state index in [9.17, 15) is 9.90 Å². The number of nitrogens with one attached hydrogen (secondary N) is 1. The second-order valence-electron chi connectivity index (χ2n) is 4.31. The second kappa shape index (κ2) is 7.73. The molecule has 6 nitrogen and oxygen atoms in total. The summed E-state index contributed by atoms with van der Waals surface area (Å²) in [6.07, 6.45) is -1.98. The Balaban J connectivity index is 2.23. The standard InChI is InChI=1S/C13H20N2O4/c1-9-4-2-3-5-12(9)19-8-10(16)6-15-7-11(17)13(14)18/h2-5,10-11,15-17H,6-8H2,1H3,(H2,14,18). The fourth-order valence-electron chi connectivity index (χ4n) is 1.45. The Kier molecular flexibility index (Phi) is 6.27. The summed E-state index contributed by atoms with van der Waals surface area (Å²) >= 11 is 0. The normalized spacial score (nSPS) is 13.8. The third-order valence-electron chi connectivity index (χ3n) is 2.57. The van der Waals surface area contributed by atoms with Gasteiger partial charge in [0.25, 0.3) is 0 Å². The molecular weight excluding hydrogens is 248 g/mol. The van der Waals surface area contributed by atoms with E-state index in [0.717, 1.165) is 11.3 Å². The minimum atomic E-state index is -1.25. The zero-order chi connectivity index (χ0) is 14.3. The number of aliphatic hydroxyl groups excluding tert-OH is 2. The smallest absolute Gasteiger partial charge is 0.247 e. The van der Waals surface area contributed by atoms with Crippen LogP contribution in [0.15, 0.2) is 24.3 Å². The van der Waals surface area contributed by atoms with Crippen LogP contribution in [-0.4, -0.2) is 48.0 Å². The monoisotopic (exact) mass is 268 g/mol. The first-order valence-corrected chi connectivity index (χ1v) is 6.05. The third kappa shape index (κ3) is 5.69. The van der Waals surface area contributed by atoms with Crippen molar-refractivity contribution < 1.29 is 19.7 Å². The number of nitrogens with two attached hydrogens (primary N) is 1. The number of hydrogen-bond donors (Lipinski definition) is 4. The highest BCUT2D eigenvalue weighted by molar-refractivity contribution is 5.78. The number of hydrogen-bond acceptors (Lipinski definition) is 5. The Bertz CT molecular complexity index is 411. The first-order valence-electron chi connectivity index (χ1n) is 6.05. The predicted molar refractivity (Wildman–Crippen MR) is 70.8 cm³/mol. The highest BCUT2D eigenvalue weighted by Gasteiger charge is 2.11.